The Morgan fingerprint density at radius 1 is 1.36 bits per heavy atom. The number of hydrogen-bond acceptors (Lipinski definition) is 2. The van der Waals surface area contributed by atoms with Gasteiger partial charge in [-0.05, 0) is 31.1 Å². The highest BCUT2D eigenvalue weighted by molar-refractivity contribution is 5.92. The van der Waals surface area contributed by atoms with Gasteiger partial charge < -0.3 is 5.32 Å². The predicted molar refractivity (Wildman–Crippen MR) is 56.8 cm³/mol. The largest absolute Gasteiger partial charge is 0.385 e. The van der Waals surface area contributed by atoms with Crippen LogP contribution in [-0.4, -0.2) is 11.8 Å². The van der Waals surface area contributed by atoms with Crippen molar-refractivity contribution < 1.29 is 4.79 Å². The summed E-state index contributed by atoms with van der Waals surface area (Å²) in [6.07, 6.45) is 6.14. The molecule has 2 aliphatic rings. The van der Waals surface area contributed by atoms with Gasteiger partial charge in [-0.25, -0.2) is 0 Å². The van der Waals surface area contributed by atoms with Gasteiger partial charge in [-0.15, -0.1) is 0 Å². The Bertz CT molecular complexity index is 261. The number of carbonyl (C=O) groups excluding carboxylic acids is 1. The lowest BCUT2D eigenvalue weighted by Gasteiger charge is -2.23. The Labute approximate surface area is 85.8 Å². The van der Waals surface area contributed by atoms with E-state index in [2.05, 4.69) is 19.2 Å². The van der Waals surface area contributed by atoms with Crippen LogP contribution < -0.4 is 5.32 Å². The van der Waals surface area contributed by atoms with Crippen molar-refractivity contribution in [3.8, 4) is 0 Å². The average molecular weight is 193 g/mol. The summed E-state index contributed by atoms with van der Waals surface area (Å²) in [5.41, 5.74) is 1.17. The Hall–Kier alpha value is -0.790. The minimum absolute atomic E-state index is 0.283. The lowest BCUT2D eigenvalue weighted by atomic mass is 9.99. The quantitative estimate of drug-likeness (QED) is 0.742. The highest BCUT2D eigenvalue weighted by Crippen LogP contribution is 2.36. The fourth-order valence-corrected chi connectivity index (χ4v) is 2.21. The third kappa shape index (κ3) is 2.17. The SMILES string of the molecule is CC(C)C(NC1=CC(=O)CC1)C1CC1. The van der Waals surface area contributed by atoms with Gasteiger partial charge >= 0.3 is 0 Å². The van der Waals surface area contributed by atoms with Crippen molar-refractivity contribution in [3.05, 3.63) is 11.8 Å². The highest BCUT2D eigenvalue weighted by atomic mass is 16.1. The van der Waals surface area contributed by atoms with Gasteiger partial charge in [0, 0.05) is 24.2 Å². The summed E-state index contributed by atoms with van der Waals surface area (Å²) < 4.78 is 0. The molecule has 1 unspecified atom stereocenters. The minimum Gasteiger partial charge on any atom is -0.385 e. The minimum atomic E-state index is 0.283. The Morgan fingerprint density at radius 3 is 2.50 bits per heavy atom. The molecule has 14 heavy (non-hydrogen) atoms. The molecule has 0 amide bonds. The number of allylic oxidation sites excluding steroid dienone is 2. The van der Waals surface area contributed by atoms with Gasteiger partial charge in [0.15, 0.2) is 5.78 Å². The summed E-state index contributed by atoms with van der Waals surface area (Å²) in [6, 6.07) is 0.590. The van der Waals surface area contributed by atoms with Crippen LogP contribution in [0.4, 0.5) is 0 Å². The molecular formula is C12H19NO. The van der Waals surface area contributed by atoms with E-state index in [-0.39, 0.29) is 5.78 Å². The van der Waals surface area contributed by atoms with E-state index >= 15 is 0 Å². The zero-order valence-electron chi connectivity index (χ0n) is 9.05. The van der Waals surface area contributed by atoms with Crippen LogP contribution in [0.15, 0.2) is 11.8 Å². The van der Waals surface area contributed by atoms with Gasteiger partial charge in [-0.1, -0.05) is 13.8 Å². The second kappa shape index (κ2) is 3.76. The number of carbonyl (C=O) groups is 1. The summed E-state index contributed by atoms with van der Waals surface area (Å²) in [6.45, 7) is 4.51. The molecule has 0 saturated heterocycles. The first kappa shape index (κ1) is 9.75. The van der Waals surface area contributed by atoms with Gasteiger partial charge in [0.1, 0.15) is 0 Å². The third-order valence-corrected chi connectivity index (χ3v) is 3.18. The van der Waals surface area contributed by atoms with Crippen molar-refractivity contribution in [2.45, 2.75) is 45.6 Å². The average Bonchev–Trinajstić information content (AvgIpc) is 2.86. The van der Waals surface area contributed by atoms with Crippen molar-refractivity contribution >= 4 is 5.78 Å². The second-order valence-electron chi connectivity index (χ2n) is 4.89. The van der Waals surface area contributed by atoms with Crippen molar-refractivity contribution in [1.82, 2.24) is 5.32 Å². The molecule has 0 radical (unpaired) electrons. The van der Waals surface area contributed by atoms with Crippen LogP contribution in [0.5, 0.6) is 0 Å². The van der Waals surface area contributed by atoms with E-state index in [0.717, 1.165) is 12.3 Å². The topological polar surface area (TPSA) is 29.1 Å². The maximum Gasteiger partial charge on any atom is 0.157 e. The lowest BCUT2D eigenvalue weighted by Crippen LogP contribution is -2.34. The zero-order valence-corrected chi connectivity index (χ0v) is 9.05. The molecular weight excluding hydrogens is 174 g/mol. The van der Waals surface area contributed by atoms with Gasteiger partial charge in [0.2, 0.25) is 0 Å². The normalized spacial score (nSPS) is 23.9. The first-order valence-electron chi connectivity index (χ1n) is 5.67. The number of rotatable bonds is 4. The number of nitrogens with one attached hydrogen (secondary N) is 1. The molecule has 2 aliphatic carbocycles. The molecule has 1 N–H and O–H groups in total. The van der Waals surface area contributed by atoms with Crippen molar-refractivity contribution in [3.63, 3.8) is 0 Å². The van der Waals surface area contributed by atoms with Crippen LogP contribution in [0.25, 0.3) is 0 Å². The fraction of sp³-hybridized carbons (Fsp3) is 0.750. The molecule has 0 aromatic carbocycles. The van der Waals surface area contributed by atoms with Crippen LogP contribution in [0, 0.1) is 11.8 Å². The molecule has 1 atom stereocenters. The molecule has 0 aliphatic heterocycles. The lowest BCUT2D eigenvalue weighted by molar-refractivity contribution is -0.114. The molecule has 1 fully saturated rings. The van der Waals surface area contributed by atoms with E-state index in [9.17, 15) is 4.79 Å². The molecule has 78 valence electrons. The second-order valence-corrected chi connectivity index (χ2v) is 4.89. The van der Waals surface area contributed by atoms with Gasteiger partial charge in [-0.2, -0.15) is 0 Å². The first-order chi connectivity index (χ1) is 6.66. The third-order valence-electron chi connectivity index (χ3n) is 3.18. The summed E-state index contributed by atoms with van der Waals surface area (Å²) in [4.78, 5) is 11.1. The number of ketones is 1. The van der Waals surface area contributed by atoms with Crippen LogP contribution in [0.1, 0.15) is 39.5 Å². The Morgan fingerprint density at radius 2 is 2.07 bits per heavy atom. The van der Waals surface area contributed by atoms with Crippen molar-refractivity contribution in [2.24, 2.45) is 11.8 Å². The molecule has 2 heteroatoms. The molecule has 1 saturated carbocycles. The molecule has 0 bridgehead atoms. The number of hydrogen-bond donors (Lipinski definition) is 1. The van der Waals surface area contributed by atoms with Crippen LogP contribution in [0.2, 0.25) is 0 Å². The maximum absolute atomic E-state index is 11.1. The van der Waals surface area contributed by atoms with Crippen LogP contribution in [-0.2, 0) is 4.79 Å². The summed E-state index contributed by atoms with van der Waals surface area (Å²) in [5.74, 6) is 1.80. The van der Waals surface area contributed by atoms with E-state index in [4.69, 9.17) is 0 Å². The van der Waals surface area contributed by atoms with Crippen molar-refractivity contribution in [2.75, 3.05) is 0 Å². The maximum atomic E-state index is 11.1. The van der Waals surface area contributed by atoms with E-state index in [1.807, 2.05) is 0 Å². The van der Waals surface area contributed by atoms with Gasteiger partial charge in [0.25, 0.3) is 0 Å². The summed E-state index contributed by atoms with van der Waals surface area (Å²) >= 11 is 0. The van der Waals surface area contributed by atoms with E-state index in [1.54, 1.807) is 6.08 Å². The van der Waals surface area contributed by atoms with Crippen LogP contribution >= 0.6 is 0 Å². The molecule has 0 aromatic rings. The smallest absolute Gasteiger partial charge is 0.157 e. The van der Waals surface area contributed by atoms with Gasteiger partial charge in [-0.3, -0.25) is 4.79 Å². The molecule has 2 nitrogen and oxygen atoms in total. The van der Waals surface area contributed by atoms with Crippen LogP contribution in [0.3, 0.4) is 0 Å². The summed E-state index contributed by atoms with van der Waals surface area (Å²) in [7, 11) is 0. The highest BCUT2D eigenvalue weighted by Gasteiger charge is 2.33. The monoisotopic (exact) mass is 193 g/mol. The van der Waals surface area contributed by atoms with E-state index in [0.29, 0.717) is 18.4 Å². The zero-order chi connectivity index (χ0) is 10.1. The Kier molecular flexibility index (Phi) is 2.62. The summed E-state index contributed by atoms with van der Waals surface area (Å²) in [5, 5.41) is 3.55. The molecule has 0 heterocycles. The molecule has 0 spiro atoms. The van der Waals surface area contributed by atoms with Crippen molar-refractivity contribution in [1.29, 1.82) is 0 Å². The molecule has 0 aromatic heterocycles. The van der Waals surface area contributed by atoms with E-state index < -0.39 is 0 Å². The standard InChI is InChI=1S/C12H19NO/c1-8(2)12(9-3-4-9)13-10-5-6-11(14)7-10/h7-9,12-13H,3-6H2,1-2H3. The van der Waals surface area contributed by atoms with E-state index in [1.165, 1.54) is 18.5 Å². The fourth-order valence-electron chi connectivity index (χ4n) is 2.21. The molecule has 2 rings (SSSR count). The van der Waals surface area contributed by atoms with Gasteiger partial charge in [0.05, 0.1) is 0 Å². The predicted octanol–water partition coefficient (Wildman–Crippen LogP) is 2.26. The first-order valence-corrected chi connectivity index (χ1v) is 5.67. The Balaban J connectivity index is 1.93.